The molecule has 0 bridgehead atoms. The molecule has 210 valence electrons. The van der Waals surface area contributed by atoms with Crippen molar-refractivity contribution in [3.05, 3.63) is 45.8 Å². The minimum absolute atomic E-state index is 0.0466. The van der Waals surface area contributed by atoms with Crippen LogP contribution in [0.4, 0.5) is 42.0 Å². The van der Waals surface area contributed by atoms with Gasteiger partial charge >= 0.3 is 6.18 Å². The number of H-pyrrole nitrogens is 1. The van der Waals surface area contributed by atoms with Crippen molar-refractivity contribution in [1.82, 2.24) is 19.9 Å². The molecule has 1 aliphatic heterocycles. The Morgan fingerprint density at radius 2 is 1.98 bits per heavy atom. The van der Waals surface area contributed by atoms with Gasteiger partial charge < -0.3 is 35.9 Å². The van der Waals surface area contributed by atoms with Crippen LogP contribution in [0, 0.1) is 0 Å². The van der Waals surface area contributed by atoms with Crippen molar-refractivity contribution in [1.29, 1.82) is 0 Å². The second-order valence-corrected chi connectivity index (χ2v) is 10.4. The molecule has 0 aliphatic carbocycles. The lowest BCUT2D eigenvalue weighted by molar-refractivity contribution is -0.134. The highest BCUT2D eigenvalue weighted by molar-refractivity contribution is 7.14. The fourth-order valence-corrected chi connectivity index (χ4v) is 5.28. The van der Waals surface area contributed by atoms with Gasteiger partial charge in [-0.3, -0.25) is 9.59 Å². The monoisotopic (exact) mass is 574 g/mol. The fourth-order valence-electron chi connectivity index (χ4n) is 4.44. The third kappa shape index (κ3) is 5.24. The molecule has 3 aromatic heterocycles. The number of carbonyl (C=O) groups is 2. The van der Waals surface area contributed by atoms with E-state index in [9.17, 15) is 22.8 Å². The number of methoxy groups -OCH3 is 1. The van der Waals surface area contributed by atoms with Crippen LogP contribution in [0.15, 0.2) is 30.5 Å². The number of likely N-dealkylation sites (N-methyl/N-ethyl adjacent to an activating group) is 1. The molecule has 1 aliphatic rings. The van der Waals surface area contributed by atoms with Gasteiger partial charge in [-0.05, 0) is 50.3 Å². The Morgan fingerprint density at radius 1 is 1.20 bits per heavy atom. The van der Waals surface area contributed by atoms with Gasteiger partial charge in [0.15, 0.2) is 0 Å². The summed E-state index contributed by atoms with van der Waals surface area (Å²) in [5, 5.41) is 6.40. The van der Waals surface area contributed by atoms with Crippen molar-refractivity contribution < 1.29 is 27.5 Å². The van der Waals surface area contributed by atoms with Crippen molar-refractivity contribution in [2.45, 2.75) is 12.6 Å². The molecule has 5 rings (SSSR count). The molecule has 2 amide bonds. The van der Waals surface area contributed by atoms with Crippen LogP contribution >= 0.6 is 11.3 Å². The second-order valence-electron chi connectivity index (χ2n) is 9.32. The standard InChI is InChI=1S/C25H25F3N8O3S/c1-35(2)11-19(37)36-7-5-12-8-17(39-3)14(9-16(12)36)32-24-33-22-13(4-6-30-22)23(34-24)31-15-10-18(25(26,27)28)40-20(15)21(29)38/h4,6,8-10H,5,7,11H2,1-3H3,(H2,29,38)(H3,30,31,32,33,34). The first-order valence-electron chi connectivity index (χ1n) is 12.0. The zero-order valence-corrected chi connectivity index (χ0v) is 22.5. The van der Waals surface area contributed by atoms with Crippen LogP contribution in [0.25, 0.3) is 11.0 Å². The molecule has 0 fully saturated rings. The van der Waals surface area contributed by atoms with Gasteiger partial charge in [-0.1, -0.05) is 0 Å². The third-order valence-corrected chi connectivity index (χ3v) is 7.39. The molecule has 0 atom stereocenters. The van der Waals surface area contributed by atoms with Gasteiger partial charge in [0, 0.05) is 18.4 Å². The molecule has 4 aromatic rings. The number of halogens is 3. The number of nitrogens with zero attached hydrogens (tertiary/aromatic N) is 4. The summed E-state index contributed by atoms with van der Waals surface area (Å²) in [6, 6.07) is 6.09. The first kappa shape index (κ1) is 27.2. The number of fused-ring (bicyclic) bond motifs is 2. The third-order valence-electron chi connectivity index (χ3n) is 6.20. The van der Waals surface area contributed by atoms with Gasteiger partial charge in [0.25, 0.3) is 5.91 Å². The molecule has 4 heterocycles. The average Bonchev–Trinajstić information content (AvgIpc) is 3.61. The Kier molecular flexibility index (Phi) is 7.01. The summed E-state index contributed by atoms with van der Waals surface area (Å²) in [4.78, 5) is 38.9. The number of thiophene rings is 1. The predicted octanol–water partition coefficient (Wildman–Crippen LogP) is 4.08. The minimum atomic E-state index is -4.65. The molecule has 11 nitrogen and oxygen atoms in total. The lowest BCUT2D eigenvalue weighted by Crippen LogP contribution is -2.36. The number of benzene rings is 1. The number of rotatable bonds is 8. The van der Waals surface area contributed by atoms with Crippen LogP contribution in [-0.4, -0.2) is 66.0 Å². The number of anilines is 5. The summed E-state index contributed by atoms with van der Waals surface area (Å²) in [5.74, 6) is -0.321. The number of carbonyl (C=O) groups excluding carboxylic acids is 2. The number of hydrogen-bond acceptors (Lipinski definition) is 9. The van der Waals surface area contributed by atoms with Crippen LogP contribution in [0.2, 0.25) is 0 Å². The lowest BCUT2D eigenvalue weighted by atomic mass is 10.1. The average molecular weight is 575 g/mol. The van der Waals surface area contributed by atoms with Crippen molar-refractivity contribution in [3.63, 3.8) is 0 Å². The van der Waals surface area contributed by atoms with Crippen LogP contribution in [0.5, 0.6) is 5.75 Å². The van der Waals surface area contributed by atoms with Crippen LogP contribution in [-0.2, 0) is 17.4 Å². The maximum absolute atomic E-state index is 13.3. The Balaban J connectivity index is 1.52. The van der Waals surface area contributed by atoms with E-state index >= 15 is 0 Å². The summed E-state index contributed by atoms with van der Waals surface area (Å²) < 4.78 is 45.6. The molecule has 15 heteroatoms. The van der Waals surface area contributed by atoms with E-state index in [0.717, 1.165) is 17.3 Å². The second kappa shape index (κ2) is 10.3. The maximum atomic E-state index is 13.3. The quantitative estimate of drug-likeness (QED) is 0.247. The highest BCUT2D eigenvalue weighted by atomic mass is 32.1. The highest BCUT2D eigenvalue weighted by Gasteiger charge is 2.35. The number of nitrogens with two attached hydrogens (primary N) is 1. The van der Waals surface area contributed by atoms with E-state index in [1.807, 2.05) is 20.2 Å². The predicted molar refractivity (Wildman–Crippen MR) is 146 cm³/mol. The molecular weight excluding hydrogens is 549 g/mol. The van der Waals surface area contributed by atoms with Crippen LogP contribution < -0.4 is 26.0 Å². The Labute approximate surface area is 230 Å². The van der Waals surface area contributed by atoms with Crippen LogP contribution in [0.3, 0.4) is 0 Å². The number of primary amides is 1. The number of alkyl halides is 3. The number of nitrogens with one attached hydrogen (secondary N) is 3. The molecule has 40 heavy (non-hydrogen) atoms. The SMILES string of the molecule is COc1cc2c(cc1Nc1nc(Nc3cc(C(F)(F)F)sc3C(N)=O)c3cc[nH]c3n1)N(C(=O)CN(C)C)CC2. The summed E-state index contributed by atoms with van der Waals surface area (Å²) in [6.45, 7) is 0.790. The number of aromatic amines is 1. The van der Waals surface area contributed by atoms with Crippen molar-refractivity contribution >= 4 is 63.0 Å². The highest BCUT2D eigenvalue weighted by Crippen LogP contribution is 2.41. The molecule has 5 N–H and O–H groups in total. The van der Waals surface area contributed by atoms with E-state index in [-0.39, 0.29) is 46.1 Å². The minimum Gasteiger partial charge on any atom is -0.495 e. The molecule has 0 radical (unpaired) electrons. The van der Waals surface area contributed by atoms with E-state index in [1.165, 1.54) is 7.11 Å². The molecular formula is C25H25F3N8O3S. The topological polar surface area (TPSA) is 142 Å². The summed E-state index contributed by atoms with van der Waals surface area (Å²) in [6.07, 6.45) is -2.38. The number of aromatic nitrogens is 3. The molecule has 0 unspecified atom stereocenters. The first-order chi connectivity index (χ1) is 18.9. The van der Waals surface area contributed by atoms with Gasteiger partial charge in [0.2, 0.25) is 11.9 Å². The van der Waals surface area contributed by atoms with Crippen molar-refractivity contribution in [2.24, 2.45) is 5.73 Å². The largest absolute Gasteiger partial charge is 0.495 e. The van der Waals surface area contributed by atoms with Crippen LogP contribution in [0.1, 0.15) is 20.1 Å². The van der Waals surface area contributed by atoms with E-state index in [2.05, 4.69) is 25.6 Å². The fraction of sp³-hybridized carbons (Fsp3) is 0.280. The van der Waals surface area contributed by atoms with E-state index < -0.39 is 17.0 Å². The number of hydrogen-bond donors (Lipinski definition) is 4. The van der Waals surface area contributed by atoms with E-state index in [0.29, 0.717) is 35.4 Å². The van der Waals surface area contributed by atoms with Gasteiger partial charge in [-0.25, -0.2) is 0 Å². The molecule has 1 aromatic carbocycles. The smallest absolute Gasteiger partial charge is 0.425 e. The molecule has 0 spiro atoms. The zero-order valence-electron chi connectivity index (χ0n) is 21.6. The summed E-state index contributed by atoms with van der Waals surface area (Å²) >= 11 is 0.250. The number of ether oxygens (including phenoxy) is 1. The van der Waals surface area contributed by atoms with E-state index in [1.54, 1.807) is 28.1 Å². The number of amides is 2. The zero-order chi connectivity index (χ0) is 28.8. The summed E-state index contributed by atoms with van der Waals surface area (Å²) in [7, 11) is 5.16. The van der Waals surface area contributed by atoms with Crippen molar-refractivity contribution in [3.8, 4) is 5.75 Å². The molecule has 0 saturated heterocycles. The van der Waals surface area contributed by atoms with Crippen molar-refractivity contribution in [2.75, 3.05) is 49.8 Å². The van der Waals surface area contributed by atoms with Gasteiger partial charge in [0.1, 0.15) is 27.0 Å². The first-order valence-corrected chi connectivity index (χ1v) is 12.8. The van der Waals surface area contributed by atoms with Gasteiger partial charge in [-0.2, -0.15) is 23.1 Å². The molecule has 0 saturated carbocycles. The Hall–Kier alpha value is -4.37. The Bertz CT molecular complexity index is 1610. The normalized spacial score (nSPS) is 13.1. The lowest BCUT2D eigenvalue weighted by Gasteiger charge is -2.21. The van der Waals surface area contributed by atoms with E-state index in [4.69, 9.17) is 10.5 Å². The van der Waals surface area contributed by atoms with Gasteiger partial charge in [0.05, 0.1) is 30.4 Å². The maximum Gasteiger partial charge on any atom is 0.425 e. The van der Waals surface area contributed by atoms with Gasteiger partial charge in [-0.15, -0.1) is 11.3 Å². The Morgan fingerprint density at radius 3 is 2.65 bits per heavy atom. The summed E-state index contributed by atoms with van der Waals surface area (Å²) in [5.41, 5.74) is 7.78.